The molecule has 0 saturated heterocycles. The number of hydrogen-bond donors (Lipinski definition) is 1. The number of anilines is 1. The highest BCUT2D eigenvalue weighted by molar-refractivity contribution is 9.10. The van der Waals surface area contributed by atoms with E-state index in [4.69, 9.17) is 14.2 Å². The number of halogens is 1. The first kappa shape index (κ1) is 15.5. The zero-order chi connectivity index (χ0) is 15.1. The fourth-order valence-corrected chi connectivity index (χ4v) is 2.35. The number of nitrogens with one attached hydrogen (secondary N) is 1. The summed E-state index contributed by atoms with van der Waals surface area (Å²) >= 11 is 3.45. The lowest BCUT2D eigenvalue weighted by Crippen LogP contribution is -2.11. The SMILES string of the molecule is COc1cc(Br)cc(NCCOc2ccccc2OC)c1. The molecule has 0 aliphatic carbocycles. The Morgan fingerprint density at radius 1 is 1.00 bits per heavy atom. The van der Waals surface area contributed by atoms with Crippen molar-refractivity contribution in [2.24, 2.45) is 0 Å². The van der Waals surface area contributed by atoms with E-state index in [-0.39, 0.29) is 0 Å². The second kappa shape index (κ2) is 7.78. The van der Waals surface area contributed by atoms with Crippen LogP contribution in [0.2, 0.25) is 0 Å². The minimum absolute atomic E-state index is 0.537. The minimum atomic E-state index is 0.537. The van der Waals surface area contributed by atoms with Gasteiger partial charge in [0.05, 0.1) is 14.2 Å². The maximum absolute atomic E-state index is 5.71. The molecule has 5 heteroatoms. The Morgan fingerprint density at radius 3 is 2.48 bits per heavy atom. The van der Waals surface area contributed by atoms with Gasteiger partial charge in [0.25, 0.3) is 0 Å². The maximum atomic E-state index is 5.71. The second-order valence-electron chi connectivity index (χ2n) is 4.31. The van der Waals surface area contributed by atoms with Crippen molar-refractivity contribution in [1.82, 2.24) is 0 Å². The van der Waals surface area contributed by atoms with Gasteiger partial charge < -0.3 is 19.5 Å². The van der Waals surface area contributed by atoms with Crippen LogP contribution in [0.4, 0.5) is 5.69 Å². The molecule has 0 amide bonds. The van der Waals surface area contributed by atoms with Crippen LogP contribution in [0.15, 0.2) is 46.9 Å². The quantitative estimate of drug-likeness (QED) is 0.766. The number of para-hydroxylation sites is 2. The number of benzene rings is 2. The average Bonchev–Trinajstić information content (AvgIpc) is 2.51. The Morgan fingerprint density at radius 2 is 1.76 bits per heavy atom. The van der Waals surface area contributed by atoms with E-state index in [1.807, 2.05) is 42.5 Å². The molecule has 112 valence electrons. The average molecular weight is 352 g/mol. The number of ether oxygens (including phenoxy) is 3. The van der Waals surface area contributed by atoms with Crippen molar-refractivity contribution in [3.63, 3.8) is 0 Å². The van der Waals surface area contributed by atoms with Crippen molar-refractivity contribution in [2.75, 3.05) is 32.7 Å². The van der Waals surface area contributed by atoms with E-state index < -0.39 is 0 Å². The molecule has 0 fully saturated rings. The zero-order valence-electron chi connectivity index (χ0n) is 12.1. The monoisotopic (exact) mass is 351 g/mol. The van der Waals surface area contributed by atoms with Crippen LogP contribution >= 0.6 is 15.9 Å². The van der Waals surface area contributed by atoms with Crippen LogP contribution in [0.1, 0.15) is 0 Å². The van der Waals surface area contributed by atoms with Gasteiger partial charge >= 0.3 is 0 Å². The van der Waals surface area contributed by atoms with Crippen LogP contribution in [0.25, 0.3) is 0 Å². The van der Waals surface area contributed by atoms with Gasteiger partial charge in [0, 0.05) is 22.8 Å². The summed E-state index contributed by atoms with van der Waals surface area (Å²) in [5.41, 5.74) is 0.977. The van der Waals surface area contributed by atoms with Crippen LogP contribution in [-0.2, 0) is 0 Å². The summed E-state index contributed by atoms with van der Waals surface area (Å²) in [4.78, 5) is 0. The van der Waals surface area contributed by atoms with E-state index in [9.17, 15) is 0 Å². The maximum Gasteiger partial charge on any atom is 0.161 e. The van der Waals surface area contributed by atoms with Gasteiger partial charge in [-0.3, -0.25) is 0 Å². The van der Waals surface area contributed by atoms with Gasteiger partial charge in [-0.15, -0.1) is 0 Å². The normalized spacial score (nSPS) is 10.0. The lowest BCUT2D eigenvalue weighted by atomic mass is 10.3. The van der Waals surface area contributed by atoms with Gasteiger partial charge in [-0.2, -0.15) is 0 Å². The Kier molecular flexibility index (Phi) is 5.75. The molecule has 0 spiro atoms. The van der Waals surface area contributed by atoms with E-state index >= 15 is 0 Å². The Labute approximate surface area is 133 Å². The smallest absolute Gasteiger partial charge is 0.161 e. The van der Waals surface area contributed by atoms with Gasteiger partial charge in [0.15, 0.2) is 11.5 Å². The highest BCUT2D eigenvalue weighted by Gasteiger charge is 2.02. The van der Waals surface area contributed by atoms with Crippen molar-refractivity contribution in [3.05, 3.63) is 46.9 Å². The Hall–Kier alpha value is -1.88. The van der Waals surface area contributed by atoms with Gasteiger partial charge in [-0.05, 0) is 24.3 Å². The predicted molar refractivity (Wildman–Crippen MR) is 87.7 cm³/mol. The van der Waals surface area contributed by atoms with E-state index in [2.05, 4.69) is 21.2 Å². The van der Waals surface area contributed by atoms with Gasteiger partial charge in [-0.1, -0.05) is 28.1 Å². The van der Waals surface area contributed by atoms with Crippen LogP contribution < -0.4 is 19.5 Å². The molecule has 2 aromatic rings. The molecule has 0 heterocycles. The minimum Gasteiger partial charge on any atom is -0.497 e. The lowest BCUT2D eigenvalue weighted by Gasteiger charge is -2.12. The zero-order valence-corrected chi connectivity index (χ0v) is 13.6. The van der Waals surface area contributed by atoms with Gasteiger partial charge in [-0.25, -0.2) is 0 Å². The number of rotatable bonds is 7. The molecule has 0 saturated carbocycles. The van der Waals surface area contributed by atoms with E-state index in [0.29, 0.717) is 13.2 Å². The first-order valence-electron chi connectivity index (χ1n) is 6.57. The first-order valence-corrected chi connectivity index (χ1v) is 7.36. The molecule has 2 aromatic carbocycles. The number of methoxy groups -OCH3 is 2. The van der Waals surface area contributed by atoms with E-state index in [0.717, 1.165) is 27.4 Å². The molecular weight excluding hydrogens is 334 g/mol. The predicted octanol–water partition coefficient (Wildman–Crippen LogP) is 3.96. The molecule has 0 aliphatic rings. The highest BCUT2D eigenvalue weighted by atomic mass is 79.9. The van der Waals surface area contributed by atoms with Crippen LogP contribution in [0.3, 0.4) is 0 Å². The summed E-state index contributed by atoms with van der Waals surface area (Å²) in [7, 11) is 3.28. The fourth-order valence-electron chi connectivity index (χ4n) is 1.88. The summed E-state index contributed by atoms with van der Waals surface area (Å²) < 4.78 is 17.1. The largest absolute Gasteiger partial charge is 0.497 e. The van der Waals surface area contributed by atoms with E-state index in [1.165, 1.54) is 0 Å². The number of hydrogen-bond acceptors (Lipinski definition) is 4. The highest BCUT2D eigenvalue weighted by Crippen LogP contribution is 2.26. The summed E-state index contributed by atoms with van der Waals surface area (Å²) in [6.45, 7) is 1.22. The fraction of sp³-hybridized carbons (Fsp3) is 0.250. The van der Waals surface area contributed by atoms with Crippen molar-refractivity contribution in [3.8, 4) is 17.2 Å². The Bertz CT molecular complexity index is 589. The molecular formula is C16H18BrNO3. The van der Waals surface area contributed by atoms with Crippen molar-refractivity contribution >= 4 is 21.6 Å². The van der Waals surface area contributed by atoms with Crippen molar-refractivity contribution in [1.29, 1.82) is 0 Å². The molecule has 4 nitrogen and oxygen atoms in total. The van der Waals surface area contributed by atoms with Gasteiger partial charge in [0.2, 0.25) is 0 Å². The summed E-state index contributed by atoms with van der Waals surface area (Å²) in [6, 6.07) is 13.4. The molecule has 0 radical (unpaired) electrons. The third kappa shape index (κ3) is 4.56. The second-order valence-corrected chi connectivity index (χ2v) is 5.22. The molecule has 0 atom stereocenters. The van der Waals surface area contributed by atoms with Gasteiger partial charge in [0.1, 0.15) is 12.4 Å². The van der Waals surface area contributed by atoms with Crippen LogP contribution in [0.5, 0.6) is 17.2 Å². The molecule has 0 aromatic heterocycles. The summed E-state index contributed by atoms with van der Waals surface area (Å²) in [5, 5.41) is 3.29. The molecule has 1 N–H and O–H groups in total. The molecule has 0 unspecified atom stereocenters. The standard InChI is InChI=1S/C16H18BrNO3/c1-19-14-10-12(17)9-13(11-14)18-7-8-21-16-6-4-3-5-15(16)20-2/h3-6,9-11,18H,7-8H2,1-2H3. The van der Waals surface area contributed by atoms with E-state index in [1.54, 1.807) is 14.2 Å². The topological polar surface area (TPSA) is 39.7 Å². The summed E-state index contributed by atoms with van der Waals surface area (Å²) in [5.74, 6) is 2.28. The summed E-state index contributed by atoms with van der Waals surface area (Å²) in [6.07, 6.45) is 0. The Balaban J connectivity index is 1.86. The third-order valence-corrected chi connectivity index (χ3v) is 3.32. The van der Waals surface area contributed by atoms with Crippen LogP contribution in [-0.4, -0.2) is 27.4 Å². The first-order chi connectivity index (χ1) is 10.2. The van der Waals surface area contributed by atoms with Crippen molar-refractivity contribution < 1.29 is 14.2 Å². The third-order valence-electron chi connectivity index (χ3n) is 2.86. The molecule has 0 bridgehead atoms. The molecule has 21 heavy (non-hydrogen) atoms. The lowest BCUT2D eigenvalue weighted by molar-refractivity contribution is 0.306. The van der Waals surface area contributed by atoms with Crippen LogP contribution in [0, 0.1) is 0 Å². The molecule has 2 rings (SSSR count). The molecule has 0 aliphatic heterocycles. The van der Waals surface area contributed by atoms with Crippen molar-refractivity contribution in [2.45, 2.75) is 0 Å².